The summed E-state index contributed by atoms with van der Waals surface area (Å²) >= 11 is 0. The third kappa shape index (κ3) is 6.11. The van der Waals surface area contributed by atoms with E-state index in [9.17, 15) is 9.18 Å². The molecule has 0 saturated heterocycles. The lowest BCUT2D eigenvalue weighted by atomic mass is 10.0. The summed E-state index contributed by atoms with van der Waals surface area (Å²) in [4.78, 5) is 15.7. The highest BCUT2D eigenvalue weighted by molar-refractivity contribution is 5.85. The zero-order valence-electron chi connectivity index (χ0n) is 13.6. The van der Waals surface area contributed by atoms with Crippen molar-refractivity contribution < 1.29 is 9.18 Å². The molecule has 0 bridgehead atoms. The smallest absolute Gasteiger partial charge is 0.237 e. The molecule has 1 heterocycles. The minimum atomic E-state index is -0.532. The molecule has 2 aromatic rings. The molecule has 0 aliphatic rings. The fourth-order valence-corrected chi connectivity index (χ4v) is 2.21. The van der Waals surface area contributed by atoms with E-state index in [0.29, 0.717) is 23.6 Å². The van der Waals surface area contributed by atoms with Gasteiger partial charge in [0.05, 0.1) is 18.1 Å². The number of hydrogen-bond donors (Lipinski definition) is 2. The molecule has 24 heavy (non-hydrogen) atoms. The maximum Gasteiger partial charge on any atom is 0.237 e. The minimum Gasteiger partial charge on any atom is -0.351 e. The lowest BCUT2D eigenvalue weighted by Gasteiger charge is -2.14. The van der Waals surface area contributed by atoms with Crippen LogP contribution >= 0.6 is 24.8 Å². The number of imidazole rings is 1. The summed E-state index contributed by atoms with van der Waals surface area (Å²) in [7, 11) is 0. The van der Waals surface area contributed by atoms with Crippen LogP contribution in [0, 0.1) is 11.7 Å². The highest BCUT2D eigenvalue weighted by Gasteiger charge is 2.14. The van der Waals surface area contributed by atoms with Gasteiger partial charge in [-0.2, -0.15) is 0 Å². The normalized spacial score (nSPS) is 11.4. The van der Waals surface area contributed by atoms with Gasteiger partial charge in [0, 0.05) is 18.9 Å². The number of halogens is 3. The van der Waals surface area contributed by atoms with Crippen LogP contribution in [0.15, 0.2) is 36.9 Å². The molecule has 1 aromatic heterocycles. The van der Waals surface area contributed by atoms with Crippen LogP contribution in [0.4, 0.5) is 4.39 Å². The molecule has 1 amide bonds. The molecule has 134 valence electrons. The van der Waals surface area contributed by atoms with Gasteiger partial charge in [-0.25, -0.2) is 9.37 Å². The van der Waals surface area contributed by atoms with Crippen LogP contribution in [-0.4, -0.2) is 21.5 Å². The van der Waals surface area contributed by atoms with Crippen molar-refractivity contribution in [2.24, 2.45) is 11.7 Å². The monoisotopic (exact) mass is 376 g/mol. The van der Waals surface area contributed by atoms with Crippen molar-refractivity contribution in [3.63, 3.8) is 0 Å². The first-order valence-electron chi connectivity index (χ1n) is 7.27. The largest absolute Gasteiger partial charge is 0.351 e. The summed E-state index contributed by atoms with van der Waals surface area (Å²) in [5, 5.41) is 2.74. The van der Waals surface area contributed by atoms with Gasteiger partial charge in [0.25, 0.3) is 0 Å². The molecule has 1 atom stereocenters. The zero-order valence-corrected chi connectivity index (χ0v) is 15.2. The number of carbonyl (C=O) groups is 1. The maximum atomic E-state index is 14.1. The van der Waals surface area contributed by atoms with Gasteiger partial charge in [-0.05, 0) is 30.0 Å². The van der Waals surface area contributed by atoms with E-state index in [0.717, 1.165) is 0 Å². The Hall–Kier alpha value is -1.63. The van der Waals surface area contributed by atoms with Gasteiger partial charge in [-0.15, -0.1) is 24.8 Å². The second kappa shape index (κ2) is 10.3. The van der Waals surface area contributed by atoms with E-state index in [1.807, 2.05) is 13.8 Å². The van der Waals surface area contributed by atoms with Crippen LogP contribution in [0.25, 0.3) is 5.69 Å². The number of aromatic nitrogens is 2. The Kier molecular flexibility index (Phi) is 9.58. The fraction of sp³-hybridized carbons (Fsp3) is 0.375. The Labute approximate surface area is 153 Å². The van der Waals surface area contributed by atoms with Crippen LogP contribution in [0.2, 0.25) is 0 Å². The zero-order chi connectivity index (χ0) is 16.1. The van der Waals surface area contributed by atoms with E-state index in [4.69, 9.17) is 5.73 Å². The van der Waals surface area contributed by atoms with E-state index in [1.54, 1.807) is 29.1 Å². The summed E-state index contributed by atoms with van der Waals surface area (Å²) in [6.45, 7) is 4.28. The molecule has 3 N–H and O–H groups in total. The van der Waals surface area contributed by atoms with Gasteiger partial charge in [0.2, 0.25) is 5.91 Å². The Bertz CT molecular complexity index is 635. The Morgan fingerprint density at radius 3 is 2.62 bits per heavy atom. The van der Waals surface area contributed by atoms with Gasteiger partial charge in [-0.1, -0.05) is 19.9 Å². The number of hydrogen-bond acceptors (Lipinski definition) is 3. The highest BCUT2D eigenvalue weighted by atomic mass is 35.5. The second-order valence-electron chi connectivity index (χ2n) is 5.71. The molecule has 2 rings (SSSR count). The molecule has 5 nitrogen and oxygen atoms in total. The Morgan fingerprint density at radius 2 is 2.08 bits per heavy atom. The van der Waals surface area contributed by atoms with Crippen LogP contribution in [0.3, 0.4) is 0 Å². The molecule has 1 aromatic carbocycles. The number of benzene rings is 1. The van der Waals surface area contributed by atoms with Gasteiger partial charge in [-0.3, -0.25) is 4.79 Å². The molecular formula is C16H23Cl2FN4O. The number of nitrogens with zero attached hydrogens (tertiary/aromatic N) is 2. The molecule has 0 radical (unpaired) electrons. The molecule has 0 spiro atoms. The van der Waals surface area contributed by atoms with Crippen molar-refractivity contribution in [3.8, 4) is 5.69 Å². The van der Waals surface area contributed by atoms with Crippen molar-refractivity contribution >= 4 is 30.7 Å². The minimum absolute atomic E-state index is 0. The number of nitrogens with one attached hydrogen (secondary N) is 1. The van der Waals surface area contributed by atoms with E-state index < -0.39 is 6.04 Å². The lowest BCUT2D eigenvalue weighted by Crippen LogP contribution is -2.41. The second-order valence-corrected chi connectivity index (χ2v) is 5.71. The molecule has 0 saturated carbocycles. The summed E-state index contributed by atoms with van der Waals surface area (Å²) in [6, 6.07) is 4.30. The molecule has 0 fully saturated rings. The molecular weight excluding hydrogens is 354 g/mol. The van der Waals surface area contributed by atoms with Crippen LogP contribution in [0.1, 0.15) is 25.8 Å². The van der Waals surface area contributed by atoms with Crippen LogP contribution < -0.4 is 11.1 Å². The first-order valence-corrected chi connectivity index (χ1v) is 7.27. The van der Waals surface area contributed by atoms with Crippen molar-refractivity contribution in [2.75, 3.05) is 0 Å². The predicted octanol–water partition coefficient (Wildman–Crippen LogP) is 2.84. The average molecular weight is 377 g/mol. The van der Waals surface area contributed by atoms with Crippen LogP contribution in [-0.2, 0) is 11.3 Å². The van der Waals surface area contributed by atoms with E-state index >= 15 is 0 Å². The van der Waals surface area contributed by atoms with E-state index in [-0.39, 0.29) is 43.1 Å². The van der Waals surface area contributed by atoms with Gasteiger partial charge >= 0.3 is 0 Å². The predicted molar refractivity (Wildman–Crippen MR) is 97.3 cm³/mol. The standard InChI is InChI=1S/C16H21FN4O.2ClH/c1-11(2)7-14(18)16(22)20-9-12-3-4-15(13(17)8-12)21-6-5-19-10-21;;/h3-6,8,10-11,14H,7,9,18H2,1-2H3,(H,20,22);2*1H/t14-;;/m0../s1. The van der Waals surface area contributed by atoms with Crippen molar-refractivity contribution in [3.05, 3.63) is 48.3 Å². The van der Waals surface area contributed by atoms with Gasteiger partial charge < -0.3 is 15.6 Å². The summed E-state index contributed by atoms with van der Waals surface area (Å²) in [5.41, 5.74) is 6.91. The van der Waals surface area contributed by atoms with Crippen molar-refractivity contribution in [2.45, 2.75) is 32.9 Å². The fourth-order valence-electron chi connectivity index (χ4n) is 2.21. The third-order valence-electron chi connectivity index (χ3n) is 3.32. The number of nitrogens with two attached hydrogens (primary N) is 1. The van der Waals surface area contributed by atoms with E-state index in [1.165, 1.54) is 12.4 Å². The Balaban J connectivity index is 0.00000264. The lowest BCUT2D eigenvalue weighted by molar-refractivity contribution is -0.122. The average Bonchev–Trinajstić information content (AvgIpc) is 2.98. The summed E-state index contributed by atoms with van der Waals surface area (Å²) in [6.07, 6.45) is 5.42. The topological polar surface area (TPSA) is 72.9 Å². The van der Waals surface area contributed by atoms with Gasteiger partial charge in [0.15, 0.2) is 0 Å². The first-order chi connectivity index (χ1) is 10.5. The number of amides is 1. The van der Waals surface area contributed by atoms with Crippen molar-refractivity contribution in [1.29, 1.82) is 0 Å². The molecule has 0 unspecified atom stereocenters. The first kappa shape index (κ1) is 22.4. The van der Waals surface area contributed by atoms with Gasteiger partial charge in [0.1, 0.15) is 5.82 Å². The third-order valence-corrected chi connectivity index (χ3v) is 3.32. The number of carbonyl (C=O) groups excluding carboxylic acids is 1. The molecule has 8 heteroatoms. The summed E-state index contributed by atoms with van der Waals surface area (Å²) < 4.78 is 15.7. The molecule has 0 aliphatic heterocycles. The van der Waals surface area contributed by atoms with Crippen molar-refractivity contribution in [1.82, 2.24) is 14.9 Å². The quantitative estimate of drug-likeness (QED) is 0.813. The molecule has 0 aliphatic carbocycles. The SMILES string of the molecule is CC(C)C[C@H](N)C(=O)NCc1ccc(-n2ccnc2)c(F)c1.Cl.Cl. The maximum absolute atomic E-state index is 14.1. The van der Waals surface area contributed by atoms with Crippen LogP contribution in [0.5, 0.6) is 0 Å². The number of rotatable bonds is 6. The van der Waals surface area contributed by atoms with E-state index in [2.05, 4.69) is 10.3 Å². The Morgan fingerprint density at radius 1 is 1.38 bits per heavy atom. The highest BCUT2D eigenvalue weighted by Crippen LogP contribution is 2.15. The summed E-state index contributed by atoms with van der Waals surface area (Å²) in [5.74, 6) is -0.225.